The first kappa shape index (κ1) is 22.5. The van der Waals surface area contributed by atoms with E-state index in [-0.39, 0.29) is 11.7 Å². The quantitative estimate of drug-likeness (QED) is 0.496. The first-order valence-corrected chi connectivity index (χ1v) is 12.3. The van der Waals surface area contributed by atoms with Crippen LogP contribution in [0.3, 0.4) is 0 Å². The van der Waals surface area contributed by atoms with Gasteiger partial charge in [-0.25, -0.2) is 9.40 Å². The van der Waals surface area contributed by atoms with E-state index in [2.05, 4.69) is 4.40 Å². The Labute approximate surface area is 181 Å². The van der Waals surface area contributed by atoms with E-state index in [4.69, 9.17) is 5.10 Å². The maximum Gasteiger partial charge on any atom is 0.324 e. The lowest BCUT2D eigenvalue weighted by atomic mass is 9.91. The van der Waals surface area contributed by atoms with E-state index in [1.807, 2.05) is 30.3 Å². The van der Waals surface area contributed by atoms with Gasteiger partial charge in [0, 0.05) is 19.0 Å². The minimum absolute atomic E-state index is 0.0924. The largest absolute Gasteiger partial charge is 0.324 e. The number of halogens is 1. The van der Waals surface area contributed by atoms with Crippen LogP contribution >= 0.6 is 11.8 Å². The van der Waals surface area contributed by atoms with Gasteiger partial charge in [0.25, 0.3) is 0 Å². The maximum absolute atomic E-state index is 13.4. The molecule has 0 saturated carbocycles. The van der Waals surface area contributed by atoms with Crippen molar-refractivity contribution in [3.05, 3.63) is 71.5 Å². The highest BCUT2D eigenvalue weighted by atomic mass is 32.2. The number of benzene rings is 2. The lowest BCUT2D eigenvalue weighted by Gasteiger charge is -2.19. The monoisotopic (exact) mass is 448 g/mol. The van der Waals surface area contributed by atoms with E-state index in [1.54, 1.807) is 37.2 Å². The van der Waals surface area contributed by atoms with Crippen molar-refractivity contribution in [2.75, 3.05) is 25.9 Å². The van der Waals surface area contributed by atoms with Crippen LogP contribution < -0.4 is 0 Å². The summed E-state index contributed by atoms with van der Waals surface area (Å²) < 4.78 is 44.1. The number of hydrogen-bond acceptors (Lipinski definition) is 4. The fourth-order valence-corrected chi connectivity index (χ4v) is 5.31. The van der Waals surface area contributed by atoms with E-state index in [0.29, 0.717) is 24.8 Å². The van der Waals surface area contributed by atoms with Gasteiger partial charge in [0.05, 0.1) is 12.3 Å². The topological polar surface area (TPSA) is 65.3 Å². The molecule has 0 fully saturated rings. The molecule has 3 rings (SSSR count). The third-order valence-electron chi connectivity index (χ3n) is 4.88. The Kier molecular flexibility index (Phi) is 7.27. The van der Waals surface area contributed by atoms with Crippen LogP contribution in [0.2, 0.25) is 0 Å². The molecule has 160 valence electrons. The molecule has 1 aliphatic heterocycles. The van der Waals surface area contributed by atoms with Crippen molar-refractivity contribution in [2.45, 2.75) is 19.8 Å². The number of hydrogen-bond donors (Lipinski definition) is 0. The lowest BCUT2D eigenvalue weighted by Crippen LogP contribution is -2.32. The molecule has 9 heteroatoms. The summed E-state index contributed by atoms with van der Waals surface area (Å²) in [6.45, 7) is 4.70. The third-order valence-corrected chi connectivity index (χ3v) is 7.24. The molecular weight excluding hydrogens is 423 g/mol. The fraction of sp³-hybridized carbons (Fsp3) is 0.333. The minimum Gasteiger partial charge on any atom is -0.240 e. The first-order valence-electron chi connectivity index (χ1n) is 9.70. The second kappa shape index (κ2) is 9.72. The van der Waals surface area contributed by atoms with Crippen LogP contribution in [0.1, 0.15) is 30.9 Å². The van der Waals surface area contributed by atoms with Crippen LogP contribution in [0.5, 0.6) is 0 Å². The smallest absolute Gasteiger partial charge is 0.240 e. The second-order valence-electron chi connectivity index (χ2n) is 6.68. The number of hydrazone groups is 1. The zero-order valence-electron chi connectivity index (χ0n) is 17.2. The molecule has 0 aromatic heterocycles. The molecule has 0 bridgehead atoms. The Morgan fingerprint density at radius 2 is 1.80 bits per heavy atom. The lowest BCUT2D eigenvalue weighted by molar-refractivity contribution is 0.443. The number of rotatable bonds is 6. The SMILES string of the molecule is CCN(CC)S(=O)(=O)/N=C(\SC)N1CC(c2ccccc2)C(c2ccc(F)cc2)=N1. The Morgan fingerprint density at radius 1 is 1.17 bits per heavy atom. The zero-order valence-corrected chi connectivity index (χ0v) is 18.8. The highest BCUT2D eigenvalue weighted by molar-refractivity contribution is 8.13. The van der Waals surface area contributed by atoms with Crippen LogP contribution in [0.4, 0.5) is 4.39 Å². The Morgan fingerprint density at radius 3 is 2.37 bits per heavy atom. The Bertz CT molecular complexity index is 1020. The Balaban J connectivity index is 2.02. The summed E-state index contributed by atoms with van der Waals surface area (Å²) in [5.74, 6) is -0.410. The van der Waals surface area contributed by atoms with Crippen LogP contribution in [0, 0.1) is 5.82 Å². The fourth-order valence-electron chi connectivity index (χ4n) is 3.35. The molecule has 0 saturated heterocycles. The van der Waals surface area contributed by atoms with Gasteiger partial charge in [-0.3, -0.25) is 0 Å². The molecule has 2 aromatic rings. The molecular formula is C21H25FN4O2S2. The van der Waals surface area contributed by atoms with E-state index >= 15 is 0 Å². The first-order chi connectivity index (χ1) is 14.4. The van der Waals surface area contributed by atoms with Gasteiger partial charge in [-0.1, -0.05) is 68.1 Å². The average molecular weight is 449 g/mol. The van der Waals surface area contributed by atoms with Gasteiger partial charge in [-0.05, 0) is 29.5 Å². The van der Waals surface area contributed by atoms with Gasteiger partial charge in [0.1, 0.15) is 5.82 Å². The highest BCUT2D eigenvalue weighted by Gasteiger charge is 2.32. The van der Waals surface area contributed by atoms with E-state index in [9.17, 15) is 12.8 Å². The molecule has 0 radical (unpaired) electrons. The van der Waals surface area contributed by atoms with Crippen molar-refractivity contribution in [1.82, 2.24) is 9.31 Å². The minimum atomic E-state index is -3.80. The van der Waals surface area contributed by atoms with Crippen molar-refractivity contribution < 1.29 is 12.8 Å². The van der Waals surface area contributed by atoms with Gasteiger partial charge in [0.2, 0.25) is 0 Å². The van der Waals surface area contributed by atoms with Crippen molar-refractivity contribution in [2.24, 2.45) is 9.50 Å². The number of nitrogens with zero attached hydrogens (tertiary/aromatic N) is 4. The van der Waals surface area contributed by atoms with Gasteiger partial charge in [-0.2, -0.15) is 17.8 Å². The van der Waals surface area contributed by atoms with Gasteiger partial charge < -0.3 is 0 Å². The van der Waals surface area contributed by atoms with Gasteiger partial charge in [-0.15, -0.1) is 4.40 Å². The normalized spacial score (nSPS) is 17.5. The molecule has 0 amide bonds. The summed E-state index contributed by atoms with van der Waals surface area (Å²) >= 11 is 1.23. The highest BCUT2D eigenvalue weighted by Crippen LogP contribution is 2.30. The predicted molar refractivity (Wildman–Crippen MR) is 122 cm³/mol. The molecule has 1 heterocycles. The van der Waals surface area contributed by atoms with Crippen LogP contribution in [0.15, 0.2) is 64.1 Å². The van der Waals surface area contributed by atoms with Crippen LogP contribution in [-0.2, 0) is 10.2 Å². The summed E-state index contributed by atoms with van der Waals surface area (Å²) in [6.07, 6.45) is 1.78. The van der Waals surface area contributed by atoms with E-state index in [0.717, 1.165) is 16.8 Å². The molecule has 1 atom stereocenters. The third kappa shape index (κ3) is 4.91. The molecule has 30 heavy (non-hydrogen) atoms. The number of amidine groups is 1. The van der Waals surface area contributed by atoms with Crippen molar-refractivity contribution in [1.29, 1.82) is 0 Å². The van der Waals surface area contributed by atoms with Gasteiger partial charge >= 0.3 is 10.2 Å². The number of thioether (sulfide) groups is 1. The predicted octanol–water partition coefficient (Wildman–Crippen LogP) is 3.93. The molecule has 0 spiro atoms. The van der Waals surface area contributed by atoms with Crippen molar-refractivity contribution in [3.8, 4) is 0 Å². The van der Waals surface area contributed by atoms with E-state index in [1.165, 1.54) is 28.2 Å². The molecule has 0 N–H and O–H groups in total. The molecule has 0 aliphatic carbocycles. The van der Waals surface area contributed by atoms with E-state index < -0.39 is 10.2 Å². The van der Waals surface area contributed by atoms with Crippen molar-refractivity contribution in [3.63, 3.8) is 0 Å². The average Bonchev–Trinajstić information content (AvgIpc) is 3.19. The molecule has 6 nitrogen and oxygen atoms in total. The van der Waals surface area contributed by atoms with Crippen LogP contribution in [0.25, 0.3) is 0 Å². The Hall–Kier alpha value is -2.23. The summed E-state index contributed by atoms with van der Waals surface area (Å²) in [4.78, 5) is 0. The summed E-state index contributed by atoms with van der Waals surface area (Å²) in [7, 11) is -3.80. The maximum atomic E-state index is 13.4. The molecule has 2 aromatic carbocycles. The zero-order chi connectivity index (χ0) is 21.7. The molecule has 1 aliphatic rings. The van der Waals surface area contributed by atoms with Gasteiger partial charge in [0.15, 0.2) is 5.17 Å². The standard InChI is InChI=1S/C21H25FN4O2S2/c1-4-25(5-2)30(27,28)24-21(29-3)26-15-19(16-9-7-6-8-10-16)20(23-26)17-11-13-18(22)14-12-17/h6-14,19H,4-5,15H2,1-3H3/b24-21-. The second-order valence-corrected chi connectivity index (χ2v) is 9.05. The van der Waals surface area contributed by atoms with Crippen molar-refractivity contribution >= 4 is 32.9 Å². The van der Waals surface area contributed by atoms with Crippen LogP contribution in [-0.4, -0.2) is 54.5 Å². The summed E-state index contributed by atoms with van der Waals surface area (Å²) in [5, 5.41) is 6.64. The summed E-state index contributed by atoms with van der Waals surface area (Å²) in [6, 6.07) is 16.0. The summed E-state index contributed by atoms with van der Waals surface area (Å²) in [5.41, 5.74) is 2.60. The molecule has 1 unspecified atom stereocenters.